The normalized spacial score (nSPS) is 22.0. The predicted molar refractivity (Wildman–Crippen MR) is 90.0 cm³/mol. The van der Waals surface area contributed by atoms with E-state index in [1.54, 1.807) is 12.1 Å². The molecule has 1 aliphatic carbocycles. The number of anilines is 1. The minimum absolute atomic E-state index is 0.185. The Balaban J connectivity index is 2.05. The van der Waals surface area contributed by atoms with Crippen LogP contribution in [0, 0.1) is 16.0 Å². The largest absolute Gasteiger partial charge is 0.385 e. The lowest BCUT2D eigenvalue weighted by Crippen LogP contribution is -2.15. The average molecular weight is 308 g/mol. The number of nitro benzene ring substituents is 1. The highest BCUT2D eigenvalue weighted by molar-refractivity contribution is 7.99. The van der Waals surface area contributed by atoms with E-state index in [-0.39, 0.29) is 10.6 Å². The molecule has 0 saturated heterocycles. The summed E-state index contributed by atoms with van der Waals surface area (Å²) in [6.45, 7) is 5.20. The topological polar surface area (TPSA) is 55.2 Å². The highest BCUT2D eigenvalue weighted by Gasteiger charge is 2.20. The smallest absolute Gasteiger partial charge is 0.269 e. The van der Waals surface area contributed by atoms with Crippen molar-refractivity contribution < 1.29 is 4.92 Å². The van der Waals surface area contributed by atoms with Gasteiger partial charge in [-0.2, -0.15) is 11.8 Å². The second-order valence-electron chi connectivity index (χ2n) is 5.83. The molecule has 0 radical (unpaired) electrons. The van der Waals surface area contributed by atoms with Crippen LogP contribution in [0.15, 0.2) is 18.2 Å². The van der Waals surface area contributed by atoms with Crippen LogP contribution in [0.25, 0.3) is 0 Å². The quantitative estimate of drug-likeness (QED) is 0.603. The van der Waals surface area contributed by atoms with E-state index < -0.39 is 0 Å². The van der Waals surface area contributed by atoms with Gasteiger partial charge in [0.05, 0.1) is 4.92 Å². The highest BCUT2D eigenvalue weighted by Crippen LogP contribution is 2.35. The number of benzene rings is 1. The molecular weight excluding hydrogens is 284 g/mol. The van der Waals surface area contributed by atoms with Gasteiger partial charge in [-0.3, -0.25) is 10.1 Å². The first-order valence-electron chi connectivity index (χ1n) is 7.73. The molecule has 21 heavy (non-hydrogen) atoms. The van der Waals surface area contributed by atoms with Gasteiger partial charge in [-0.15, -0.1) is 0 Å². The molecule has 116 valence electrons. The lowest BCUT2D eigenvalue weighted by atomic mass is 9.91. The Hall–Kier alpha value is -1.23. The van der Waals surface area contributed by atoms with Crippen LogP contribution in [-0.2, 0) is 5.75 Å². The highest BCUT2D eigenvalue weighted by atomic mass is 32.2. The summed E-state index contributed by atoms with van der Waals surface area (Å²) < 4.78 is 0. The van der Waals surface area contributed by atoms with Gasteiger partial charge in [-0.25, -0.2) is 0 Å². The number of non-ortho nitro benzene ring substituents is 1. The van der Waals surface area contributed by atoms with Crippen LogP contribution in [0.3, 0.4) is 0 Å². The number of nitrogens with zero attached hydrogens (tertiary/aromatic N) is 1. The van der Waals surface area contributed by atoms with Gasteiger partial charge in [0.2, 0.25) is 0 Å². The monoisotopic (exact) mass is 308 g/mol. The summed E-state index contributed by atoms with van der Waals surface area (Å²) in [6, 6.07) is 5.13. The zero-order valence-electron chi connectivity index (χ0n) is 12.8. The van der Waals surface area contributed by atoms with Gasteiger partial charge in [0.1, 0.15) is 0 Å². The van der Waals surface area contributed by atoms with Crippen molar-refractivity contribution in [1.82, 2.24) is 0 Å². The maximum Gasteiger partial charge on any atom is 0.269 e. The molecule has 1 saturated carbocycles. The third kappa shape index (κ3) is 4.63. The van der Waals surface area contributed by atoms with Gasteiger partial charge in [-0.05, 0) is 37.3 Å². The minimum Gasteiger partial charge on any atom is -0.385 e. The second-order valence-corrected chi connectivity index (χ2v) is 7.12. The van der Waals surface area contributed by atoms with Gasteiger partial charge in [0, 0.05) is 35.4 Å². The number of nitrogens with one attached hydrogen (secondary N) is 1. The molecule has 1 aromatic carbocycles. The Morgan fingerprint density at radius 1 is 1.43 bits per heavy atom. The Morgan fingerprint density at radius 2 is 2.24 bits per heavy atom. The van der Waals surface area contributed by atoms with Crippen LogP contribution < -0.4 is 5.32 Å². The molecule has 0 spiro atoms. The van der Waals surface area contributed by atoms with Crippen molar-refractivity contribution in [2.24, 2.45) is 5.92 Å². The third-order valence-electron chi connectivity index (χ3n) is 4.03. The standard InChI is InChI=1S/C16H24N2O2S/c1-3-17-16-8-7-14(18(19)20)10-13(16)11-21-15-6-4-5-12(2)9-15/h7-8,10,12,15,17H,3-6,9,11H2,1-2H3. The molecular formula is C16H24N2O2S. The van der Waals surface area contributed by atoms with E-state index in [1.165, 1.54) is 25.7 Å². The molecule has 5 heteroatoms. The first-order valence-corrected chi connectivity index (χ1v) is 8.77. The summed E-state index contributed by atoms with van der Waals surface area (Å²) in [5.74, 6) is 1.66. The molecule has 1 aliphatic rings. The first-order chi connectivity index (χ1) is 10.1. The van der Waals surface area contributed by atoms with Crippen LogP contribution in [-0.4, -0.2) is 16.7 Å². The van der Waals surface area contributed by atoms with E-state index in [9.17, 15) is 10.1 Å². The van der Waals surface area contributed by atoms with Gasteiger partial charge < -0.3 is 5.32 Å². The average Bonchev–Trinajstić information content (AvgIpc) is 2.46. The van der Waals surface area contributed by atoms with Gasteiger partial charge in [0.15, 0.2) is 0 Å². The molecule has 0 aliphatic heterocycles. The molecule has 0 amide bonds. The van der Waals surface area contributed by atoms with Crippen LogP contribution in [0.4, 0.5) is 11.4 Å². The Kier molecular flexibility index (Phi) is 5.91. The summed E-state index contributed by atoms with van der Waals surface area (Å²) in [7, 11) is 0. The predicted octanol–water partition coefficient (Wildman–Crippen LogP) is 4.84. The van der Waals surface area contributed by atoms with Crippen LogP contribution >= 0.6 is 11.8 Å². The third-order valence-corrected chi connectivity index (χ3v) is 5.41. The van der Waals surface area contributed by atoms with Crippen LogP contribution in [0.5, 0.6) is 0 Å². The number of hydrogen-bond donors (Lipinski definition) is 1. The van der Waals surface area contributed by atoms with Crippen molar-refractivity contribution in [1.29, 1.82) is 0 Å². The van der Waals surface area contributed by atoms with E-state index in [2.05, 4.69) is 12.2 Å². The Bertz CT molecular complexity index is 493. The summed E-state index contributed by atoms with van der Waals surface area (Å²) in [5, 5.41) is 14.9. The molecule has 2 unspecified atom stereocenters. The van der Waals surface area contributed by atoms with Gasteiger partial charge in [0.25, 0.3) is 5.69 Å². The van der Waals surface area contributed by atoms with Crippen molar-refractivity contribution >= 4 is 23.1 Å². The van der Waals surface area contributed by atoms with Crippen molar-refractivity contribution in [2.45, 2.75) is 50.5 Å². The molecule has 1 fully saturated rings. The molecule has 4 nitrogen and oxygen atoms in total. The van der Waals surface area contributed by atoms with E-state index in [0.717, 1.165) is 29.5 Å². The molecule has 1 N–H and O–H groups in total. The first kappa shape index (κ1) is 16.1. The molecule has 2 rings (SSSR count). The zero-order valence-corrected chi connectivity index (χ0v) is 13.6. The fourth-order valence-electron chi connectivity index (χ4n) is 2.91. The van der Waals surface area contributed by atoms with Crippen molar-refractivity contribution in [3.63, 3.8) is 0 Å². The maximum atomic E-state index is 10.9. The Labute approximate surface area is 130 Å². The van der Waals surface area contributed by atoms with Gasteiger partial charge in [-0.1, -0.05) is 19.8 Å². The van der Waals surface area contributed by atoms with E-state index >= 15 is 0 Å². The van der Waals surface area contributed by atoms with Crippen LogP contribution in [0.2, 0.25) is 0 Å². The lowest BCUT2D eigenvalue weighted by molar-refractivity contribution is -0.384. The number of thioether (sulfide) groups is 1. The van der Waals surface area contributed by atoms with Crippen molar-refractivity contribution in [3.8, 4) is 0 Å². The van der Waals surface area contributed by atoms with E-state index in [1.807, 2.05) is 24.8 Å². The van der Waals surface area contributed by atoms with Crippen molar-refractivity contribution in [2.75, 3.05) is 11.9 Å². The minimum atomic E-state index is -0.313. The summed E-state index contributed by atoms with van der Waals surface area (Å²) >= 11 is 1.95. The second kappa shape index (κ2) is 7.69. The van der Waals surface area contributed by atoms with Gasteiger partial charge >= 0.3 is 0 Å². The SMILES string of the molecule is CCNc1ccc([N+](=O)[O-])cc1CSC1CCCC(C)C1. The lowest BCUT2D eigenvalue weighted by Gasteiger charge is -2.26. The number of hydrogen-bond acceptors (Lipinski definition) is 4. The summed E-state index contributed by atoms with van der Waals surface area (Å²) in [5.41, 5.74) is 2.26. The molecule has 0 bridgehead atoms. The fraction of sp³-hybridized carbons (Fsp3) is 0.625. The molecule has 0 heterocycles. The summed E-state index contributed by atoms with van der Waals surface area (Å²) in [6.07, 6.45) is 5.21. The van der Waals surface area contributed by atoms with E-state index in [0.29, 0.717) is 5.25 Å². The maximum absolute atomic E-state index is 10.9. The van der Waals surface area contributed by atoms with E-state index in [4.69, 9.17) is 0 Å². The van der Waals surface area contributed by atoms with Crippen molar-refractivity contribution in [3.05, 3.63) is 33.9 Å². The summed E-state index contributed by atoms with van der Waals surface area (Å²) in [4.78, 5) is 10.6. The molecule has 2 atom stereocenters. The van der Waals surface area contributed by atoms with Crippen LogP contribution in [0.1, 0.15) is 45.1 Å². The Morgan fingerprint density at radius 3 is 2.90 bits per heavy atom. The molecule has 0 aromatic heterocycles. The zero-order chi connectivity index (χ0) is 15.2. The number of rotatable bonds is 6. The molecule has 1 aromatic rings. The number of nitro groups is 1. The fourth-order valence-corrected chi connectivity index (χ4v) is 4.37.